The highest BCUT2D eigenvalue weighted by atomic mass is 16.3. The van der Waals surface area contributed by atoms with Crippen molar-refractivity contribution < 1.29 is 5.11 Å². The highest BCUT2D eigenvalue weighted by Gasteiger charge is 2.24. The zero-order chi connectivity index (χ0) is 12.5. The molecule has 1 aromatic heterocycles. The molecule has 0 aliphatic carbocycles. The lowest BCUT2D eigenvalue weighted by atomic mass is 10.00. The van der Waals surface area contributed by atoms with Crippen molar-refractivity contribution in [3.8, 4) is 0 Å². The first kappa shape index (κ1) is 12.1. The number of aliphatic hydroxyl groups excluding tert-OH is 1. The van der Waals surface area contributed by atoms with E-state index in [0.29, 0.717) is 12.6 Å². The molecule has 2 aliphatic rings. The van der Waals surface area contributed by atoms with E-state index in [1.54, 1.807) is 0 Å². The van der Waals surface area contributed by atoms with Crippen LogP contribution in [0.25, 0.3) is 0 Å². The van der Waals surface area contributed by atoms with Crippen LogP contribution in [-0.2, 0) is 19.4 Å². The molecule has 0 radical (unpaired) electrons. The second kappa shape index (κ2) is 4.97. The Balaban J connectivity index is 1.69. The maximum absolute atomic E-state index is 9.63. The molecule has 0 spiro atoms. The molecular formula is C13H22N4O. The molecule has 2 atom stereocenters. The van der Waals surface area contributed by atoms with Gasteiger partial charge in [-0.05, 0) is 32.9 Å². The van der Waals surface area contributed by atoms with Crippen LogP contribution in [0.15, 0.2) is 0 Å². The number of nitrogens with zero attached hydrogens (tertiary/aromatic N) is 4. The average Bonchev–Trinajstić information content (AvgIpc) is 2.73. The maximum Gasteiger partial charge on any atom is 0.152 e. The molecule has 1 N–H and O–H groups in total. The van der Waals surface area contributed by atoms with Gasteiger partial charge in [0.25, 0.3) is 0 Å². The Kier molecular flexibility index (Phi) is 3.35. The van der Waals surface area contributed by atoms with E-state index in [2.05, 4.69) is 22.0 Å². The molecule has 2 aliphatic heterocycles. The van der Waals surface area contributed by atoms with Gasteiger partial charge in [-0.2, -0.15) is 5.10 Å². The van der Waals surface area contributed by atoms with Crippen LogP contribution >= 0.6 is 0 Å². The molecule has 1 saturated heterocycles. The van der Waals surface area contributed by atoms with Crippen LogP contribution in [0.4, 0.5) is 0 Å². The fourth-order valence-corrected chi connectivity index (χ4v) is 3.04. The summed E-state index contributed by atoms with van der Waals surface area (Å²) in [5, 5.41) is 14.2. The highest BCUT2D eigenvalue weighted by Crippen LogP contribution is 2.19. The van der Waals surface area contributed by atoms with Crippen LogP contribution in [0.3, 0.4) is 0 Å². The maximum atomic E-state index is 9.63. The van der Waals surface area contributed by atoms with Crippen molar-refractivity contribution in [2.24, 2.45) is 0 Å². The van der Waals surface area contributed by atoms with E-state index in [4.69, 9.17) is 0 Å². The van der Waals surface area contributed by atoms with Crippen molar-refractivity contribution in [1.82, 2.24) is 19.7 Å². The lowest BCUT2D eigenvalue weighted by Crippen LogP contribution is -2.37. The van der Waals surface area contributed by atoms with Crippen molar-refractivity contribution in [1.29, 1.82) is 0 Å². The van der Waals surface area contributed by atoms with Gasteiger partial charge < -0.3 is 10.0 Å². The number of rotatable bonds is 2. The predicted octanol–water partition coefficient (Wildman–Crippen LogP) is 0.612. The van der Waals surface area contributed by atoms with Gasteiger partial charge in [0.05, 0.1) is 12.6 Å². The summed E-state index contributed by atoms with van der Waals surface area (Å²) in [6.07, 6.45) is 6.27. The topological polar surface area (TPSA) is 54.2 Å². The van der Waals surface area contributed by atoms with Crippen LogP contribution in [0.5, 0.6) is 0 Å². The summed E-state index contributed by atoms with van der Waals surface area (Å²) in [7, 11) is 2.20. The molecule has 0 saturated carbocycles. The molecule has 100 valence electrons. The summed E-state index contributed by atoms with van der Waals surface area (Å²) in [4.78, 5) is 7.06. The lowest BCUT2D eigenvalue weighted by molar-refractivity contribution is 0.124. The van der Waals surface area contributed by atoms with E-state index >= 15 is 0 Å². The number of aromatic nitrogens is 3. The van der Waals surface area contributed by atoms with E-state index in [-0.39, 0.29) is 6.10 Å². The van der Waals surface area contributed by atoms with Gasteiger partial charge in [0.2, 0.25) is 0 Å². The Labute approximate surface area is 108 Å². The minimum Gasteiger partial charge on any atom is -0.391 e. The molecule has 0 aromatic carbocycles. The molecule has 5 nitrogen and oxygen atoms in total. The van der Waals surface area contributed by atoms with Gasteiger partial charge in [-0.3, -0.25) is 0 Å². The fourth-order valence-electron chi connectivity index (χ4n) is 3.04. The van der Waals surface area contributed by atoms with Gasteiger partial charge in [0.1, 0.15) is 5.82 Å². The molecule has 0 amide bonds. The van der Waals surface area contributed by atoms with Crippen LogP contribution in [0.1, 0.15) is 37.3 Å². The van der Waals surface area contributed by atoms with E-state index < -0.39 is 0 Å². The quantitative estimate of drug-likeness (QED) is 0.835. The normalized spacial score (nSPS) is 29.2. The molecule has 5 heteroatoms. The SMILES string of the molecule is CN1CCCCC1Cc1nc2n(n1)CC(O)CC2. The smallest absolute Gasteiger partial charge is 0.152 e. The summed E-state index contributed by atoms with van der Waals surface area (Å²) in [6, 6.07) is 0.591. The van der Waals surface area contributed by atoms with Crippen molar-refractivity contribution in [3.63, 3.8) is 0 Å². The van der Waals surface area contributed by atoms with Gasteiger partial charge in [-0.25, -0.2) is 9.67 Å². The third kappa shape index (κ3) is 2.42. The Morgan fingerprint density at radius 2 is 2.22 bits per heavy atom. The largest absolute Gasteiger partial charge is 0.391 e. The number of aryl methyl sites for hydroxylation is 1. The minimum atomic E-state index is -0.246. The molecule has 1 aromatic rings. The highest BCUT2D eigenvalue weighted by molar-refractivity contribution is 4.99. The molecule has 1 fully saturated rings. The van der Waals surface area contributed by atoms with Gasteiger partial charge in [0.15, 0.2) is 5.82 Å². The minimum absolute atomic E-state index is 0.246. The number of piperidine rings is 1. The van der Waals surface area contributed by atoms with Gasteiger partial charge in [-0.15, -0.1) is 0 Å². The van der Waals surface area contributed by atoms with Crippen LogP contribution in [-0.4, -0.2) is 50.5 Å². The molecular weight excluding hydrogens is 228 g/mol. The third-order valence-electron chi connectivity index (χ3n) is 4.22. The second-order valence-electron chi connectivity index (χ2n) is 5.65. The molecule has 3 rings (SSSR count). The van der Waals surface area contributed by atoms with E-state index in [9.17, 15) is 5.11 Å². The summed E-state index contributed by atoms with van der Waals surface area (Å²) in [6.45, 7) is 1.81. The first-order valence-electron chi connectivity index (χ1n) is 7.03. The van der Waals surface area contributed by atoms with E-state index in [1.807, 2.05) is 4.68 Å². The zero-order valence-corrected chi connectivity index (χ0v) is 11.0. The van der Waals surface area contributed by atoms with E-state index in [1.165, 1.54) is 25.8 Å². The van der Waals surface area contributed by atoms with Crippen molar-refractivity contribution in [2.45, 2.75) is 57.2 Å². The Bertz CT molecular complexity index is 417. The third-order valence-corrected chi connectivity index (χ3v) is 4.22. The lowest BCUT2D eigenvalue weighted by Gasteiger charge is -2.31. The Morgan fingerprint density at radius 3 is 3.06 bits per heavy atom. The Hall–Kier alpha value is -0.940. The number of hydrogen-bond acceptors (Lipinski definition) is 4. The van der Waals surface area contributed by atoms with Gasteiger partial charge in [-0.1, -0.05) is 6.42 Å². The van der Waals surface area contributed by atoms with Crippen molar-refractivity contribution in [2.75, 3.05) is 13.6 Å². The standard InChI is InChI=1S/C13H22N4O/c1-16-7-3-2-4-10(16)8-12-14-13-6-5-11(18)9-17(13)15-12/h10-11,18H,2-9H2,1H3. The molecule has 3 heterocycles. The van der Waals surface area contributed by atoms with Crippen LogP contribution < -0.4 is 0 Å². The zero-order valence-electron chi connectivity index (χ0n) is 11.0. The van der Waals surface area contributed by atoms with Gasteiger partial charge in [0, 0.05) is 18.9 Å². The monoisotopic (exact) mass is 250 g/mol. The van der Waals surface area contributed by atoms with Crippen molar-refractivity contribution in [3.05, 3.63) is 11.6 Å². The van der Waals surface area contributed by atoms with Crippen LogP contribution in [0, 0.1) is 0 Å². The first-order valence-corrected chi connectivity index (χ1v) is 7.03. The average molecular weight is 250 g/mol. The molecule has 0 bridgehead atoms. The predicted molar refractivity (Wildman–Crippen MR) is 68.3 cm³/mol. The first-order chi connectivity index (χ1) is 8.72. The fraction of sp³-hybridized carbons (Fsp3) is 0.846. The second-order valence-corrected chi connectivity index (χ2v) is 5.65. The number of likely N-dealkylation sites (N-methyl/N-ethyl adjacent to an activating group) is 1. The number of fused-ring (bicyclic) bond motifs is 1. The number of likely N-dealkylation sites (tertiary alicyclic amines) is 1. The van der Waals surface area contributed by atoms with Crippen molar-refractivity contribution >= 4 is 0 Å². The van der Waals surface area contributed by atoms with Crippen LogP contribution in [0.2, 0.25) is 0 Å². The molecule has 2 unspecified atom stereocenters. The number of aliphatic hydroxyl groups is 1. The number of hydrogen-bond donors (Lipinski definition) is 1. The summed E-state index contributed by atoms with van der Waals surface area (Å²) in [5.41, 5.74) is 0. The Morgan fingerprint density at radius 1 is 1.33 bits per heavy atom. The molecule has 18 heavy (non-hydrogen) atoms. The summed E-state index contributed by atoms with van der Waals surface area (Å²) >= 11 is 0. The van der Waals surface area contributed by atoms with Gasteiger partial charge >= 0.3 is 0 Å². The van der Waals surface area contributed by atoms with E-state index in [0.717, 1.165) is 30.9 Å². The summed E-state index contributed by atoms with van der Waals surface area (Å²) < 4.78 is 1.90. The summed E-state index contributed by atoms with van der Waals surface area (Å²) in [5.74, 6) is 2.01.